The van der Waals surface area contributed by atoms with E-state index in [2.05, 4.69) is 10.6 Å². The molecule has 0 spiro atoms. The second kappa shape index (κ2) is 13.7. The van der Waals surface area contributed by atoms with Crippen molar-refractivity contribution in [1.29, 1.82) is 0 Å². The van der Waals surface area contributed by atoms with Crippen LogP contribution in [0.5, 0.6) is 11.5 Å². The van der Waals surface area contributed by atoms with Gasteiger partial charge in [0.2, 0.25) is 11.8 Å². The van der Waals surface area contributed by atoms with E-state index in [1.807, 2.05) is 0 Å². The van der Waals surface area contributed by atoms with E-state index in [9.17, 15) is 26.4 Å². The van der Waals surface area contributed by atoms with Crippen LogP contribution < -0.4 is 20.1 Å². The summed E-state index contributed by atoms with van der Waals surface area (Å²) < 4.78 is 61.4. The third kappa shape index (κ3) is 8.08. The van der Waals surface area contributed by atoms with Crippen molar-refractivity contribution in [2.24, 2.45) is 0 Å². The SMILES string of the molecule is COc1cc(-c2ccc(NC(=O)CS(=O)(=O)c3ccc(Cl)cc3)c(OC)c2)ccc1NC(=O)CS(=O)(=O)c1ccc(Cl)cc1. The van der Waals surface area contributed by atoms with Crippen molar-refractivity contribution in [3.63, 3.8) is 0 Å². The number of benzene rings is 4. The maximum absolute atomic E-state index is 12.6. The first-order valence-corrected chi connectivity index (χ1v) is 16.8. The molecule has 4 aromatic rings. The molecule has 4 aromatic carbocycles. The van der Waals surface area contributed by atoms with E-state index in [0.29, 0.717) is 21.2 Å². The van der Waals surface area contributed by atoms with Crippen LogP contribution in [0.25, 0.3) is 11.1 Å². The molecular formula is C30H26Cl2N2O8S2. The van der Waals surface area contributed by atoms with E-state index in [-0.39, 0.29) is 32.7 Å². The Morgan fingerprint density at radius 2 is 0.932 bits per heavy atom. The number of carbonyl (C=O) groups excluding carboxylic acids is 2. The summed E-state index contributed by atoms with van der Waals surface area (Å²) in [7, 11) is -5.02. The average molecular weight is 678 g/mol. The van der Waals surface area contributed by atoms with E-state index < -0.39 is 43.0 Å². The molecule has 0 atom stereocenters. The first-order chi connectivity index (χ1) is 20.8. The van der Waals surface area contributed by atoms with Gasteiger partial charge in [0.05, 0.1) is 35.4 Å². The lowest BCUT2D eigenvalue weighted by Gasteiger charge is -2.15. The molecule has 0 unspecified atom stereocenters. The van der Waals surface area contributed by atoms with Gasteiger partial charge in [0, 0.05) is 10.0 Å². The van der Waals surface area contributed by atoms with Crippen LogP contribution in [-0.2, 0) is 29.3 Å². The van der Waals surface area contributed by atoms with Gasteiger partial charge in [-0.1, -0.05) is 35.3 Å². The Kier molecular flexibility index (Phi) is 10.2. The van der Waals surface area contributed by atoms with E-state index in [1.54, 1.807) is 36.4 Å². The molecule has 0 aliphatic heterocycles. The van der Waals surface area contributed by atoms with Gasteiger partial charge in [-0.15, -0.1) is 0 Å². The first-order valence-electron chi connectivity index (χ1n) is 12.7. The molecule has 0 saturated carbocycles. The van der Waals surface area contributed by atoms with Crippen molar-refractivity contribution in [3.05, 3.63) is 95.0 Å². The van der Waals surface area contributed by atoms with E-state index in [1.165, 1.54) is 62.8 Å². The Bertz CT molecular complexity index is 1770. The quantitative estimate of drug-likeness (QED) is 0.212. The van der Waals surface area contributed by atoms with E-state index >= 15 is 0 Å². The lowest BCUT2D eigenvalue weighted by Crippen LogP contribution is -2.23. The molecular weight excluding hydrogens is 651 g/mol. The van der Waals surface area contributed by atoms with Crippen molar-refractivity contribution in [3.8, 4) is 22.6 Å². The van der Waals surface area contributed by atoms with E-state index in [4.69, 9.17) is 32.7 Å². The van der Waals surface area contributed by atoms with Gasteiger partial charge in [-0.25, -0.2) is 16.8 Å². The minimum Gasteiger partial charge on any atom is -0.495 e. The highest BCUT2D eigenvalue weighted by Crippen LogP contribution is 2.35. The Balaban J connectivity index is 1.47. The number of amides is 2. The number of methoxy groups -OCH3 is 2. The fraction of sp³-hybridized carbons (Fsp3) is 0.133. The summed E-state index contributed by atoms with van der Waals surface area (Å²) in [4.78, 5) is 25.2. The first kappa shape index (κ1) is 32.8. The lowest BCUT2D eigenvalue weighted by molar-refractivity contribution is -0.114. The van der Waals surface area contributed by atoms with E-state index in [0.717, 1.165) is 0 Å². The molecule has 0 bridgehead atoms. The number of carbonyl (C=O) groups is 2. The molecule has 4 rings (SSSR count). The maximum Gasteiger partial charge on any atom is 0.240 e. The summed E-state index contributed by atoms with van der Waals surface area (Å²) in [6.07, 6.45) is 0. The summed E-state index contributed by atoms with van der Waals surface area (Å²) >= 11 is 11.6. The molecule has 14 heteroatoms. The minimum absolute atomic E-state index is 0.0314. The topological polar surface area (TPSA) is 145 Å². The third-order valence-corrected chi connectivity index (χ3v) is 10.0. The number of nitrogens with one attached hydrogen (secondary N) is 2. The van der Waals surface area contributed by atoms with Gasteiger partial charge < -0.3 is 20.1 Å². The lowest BCUT2D eigenvalue weighted by atomic mass is 10.0. The number of anilines is 2. The molecule has 10 nitrogen and oxygen atoms in total. The molecule has 0 aliphatic rings. The second-order valence-corrected chi connectivity index (χ2v) is 14.2. The number of hydrogen-bond donors (Lipinski definition) is 2. The summed E-state index contributed by atoms with van der Waals surface area (Å²) in [5.74, 6) is -2.56. The fourth-order valence-corrected chi connectivity index (χ4v) is 6.64. The Morgan fingerprint density at radius 1 is 0.591 bits per heavy atom. The molecule has 0 fully saturated rings. The standard InChI is InChI=1S/C30H26Cl2N2O8S2/c1-41-27-15-19(3-13-25(27)33-29(35)17-43(37,38)23-9-5-21(31)6-10-23)20-4-14-26(28(16-20)42-2)34-30(36)18-44(39,40)24-11-7-22(32)8-12-24/h3-16H,17-18H2,1-2H3,(H,33,35)(H,34,36). The highest BCUT2D eigenvalue weighted by Gasteiger charge is 2.22. The van der Waals surface area contributed by atoms with Gasteiger partial charge in [-0.2, -0.15) is 0 Å². The van der Waals surface area contributed by atoms with Crippen LogP contribution in [0.1, 0.15) is 0 Å². The monoisotopic (exact) mass is 676 g/mol. The molecule has 0 aliphatic carbocycles. The molecule has 0 heterocycles. The van der Waals surface area contributed by atoms with Crippen LogP contribution in [0.4, 0.5) is 11.4 Å². The Hall–Kier alpha value is -4.10. The van der Waals surface area contributed by atoms with Gasteiger partial charge in [-0.3, -0.25) is 9.59 Å². The van der Waals surface area contributed by atoms with Gasteiger partial charge in [-0.05, 0) is 83.9 Å². The minimum atomic E-state index is -3.91. The number of rotatable bonds is 11. The van der Waals surface area contributed by atoms with Crippen molar-refractivity contribution >= 4 is 66.1 Å². The van der Waals surface area contributed by atoms with Crippen LogP contribution in [0.2, 0.25) is 10.0 Å². The zero-order chi connectivity index (χ0) is 32.1. The van der Waals surface area contributed by atoms with Crippen LogP contribution in [0.15, 0.2) is 94.7 Å². The molecule has 230 valence electrons. The van der Waals surface area contributed by atoms with Gasteiger partial charge in [0.15, 0.2) is 19.7 Å². The summed E-state index contributed by atoms with van der Waals surface area (Å²) in [6.45, 7) is 0. The molecule has 0 radical (unpaired) electrons. The number of ether oxygens (including phenoxy) is 2. The summed E-state index contributed by atoms with van der Waals surface area (Å²) in [5, 5.41) is 5.88. The Morgan fingerprint density at radius 3 is 1.25 bits per heavy atom. The smallest absolute Gasteiger partial charge is 0.240 e. The maximum atomic E-state index is 12.6. The van der Waals surface area contributed by atoms with Crippen LogP contribution >= 0.6 is 23.2 Å². The third-order valence-electron chi connectivity index (χ3n) is 6.27. The molecule has 2 amide bonds. The largest absolute Gasteiger partial charge is 0.495 e. The average Bonchev–Trinajstić information content (AvgIpc) is 2.97. The summed E-state index contributed by atoms with van der Waals surface area (Å²) in [5.41, 5.74) is 1.81. The zero-order valence-corrected chi connectivity index (χ0v) is 26.5. The highest BCUT2D eigenvalue weighted by atomic mass is 35.5. The van der Waals surface area contributed by atoms with Crippen LogP contribution in [0.3, 0.4) is 0 Å². The predicted molar refractivity (Wildman–Crippen MR) is 169 cm³/mol. The zero-order valence-electron chi connectivity index (χ0n) is 23.3. The molecule has 0 aromatic heterocycles. The molecule has 0 saturated heterocycles. The van der Waals surface area contributed by atoms with Crippen molar-refractivity contribution in [1.82, 2.24) is 0 Å². The second-order valence-electron chi connectivity index (χ2n) is 9.35. The Labute approximate surface area is 264 Å². The van der Waals surface area contributed by atoms with Gasteiger partial charge in [0.1, 0.15) is 23.0 Å². The normalized spacial score (nSPS) is 11.5. The number of hydrogen-bond acceptors (Lipinski definition) is 8. The predicted octanol–water partition coefficient (Wildman–Crippen LogP) is 5.50. The number of halogens is 2. The highest BCUT2D eigenvalue weighted by molar-refractivity contribution is 7.92. The van der Waals surface area contributed by atoms with Crippen molar-refractivity contribution < 1.29 is 35.9 Å². The van der Waals surface area contributed by atoms with Crippen LogP contribution in [0, 0.1) is 0 Å². The fourth-order valence-electron chi connectivity index (χ4n) is 4.12. The van der Waals surface area contributed by atoms with Gasteiger partial charge in [0.25, 0.3) is 0 Å². The molecule has 44 heavy (non-hydrogen) atoms. The van der Waals surface area contributed by atoms with Crippen molar-refractivity contribution in [2.45, 2.75) is 9.79 Å². The number of sulfone groups is 2. The molecule has 2 N–H and O–H groups in total. The van der Waals surface area contributed by atoms with Gasteiger partial charge >= 0.3 is 0 Å². The summed E-state index contributed by atoms with van der Waals surface area (Å²) in [6, 6.07) is 20.8. The van der Waals surface area contributed by atoms with Crippen LogP contribution in [-0.4, -0.2) is 54.4 Å². The van der Waals surface area contributed by atoms with Crippen molar-refractivity contribution in [2.75, 3.05) is 36.4 Å².